The van der Waals surface area contributed by atoms with Crippen LogP contribution in [0.2, 0.25) is 0 Å². The first kappa shape index (κ1) is 11.5. The van der Waals surface area contributed by atoms with Gasteiger partial charge in [-0.15, -0.1) is 0 Å². The van der Waals surface area contributed by atoms with Crippen LogP contribution in [0.4, 0.5) is 0 Å². The zero-order chi connectivity index (χ0) is 12.6. The fraction of sp³-hybridized carbons (Fsp3) is 0.800. The van der Waals surface area contributed by atoms with Crippen molar-refractivity contribution in [2.24, 2.45) is 28.6 Å². The predicted molar refractivity (Wildman–Crippen MR) is 66.4 cm³/mol. The Hall–Kier alpha value is -0.630. The van der Waals surface area contributed by atoms with E-state index in [9.17, 15) is 9.90 Å². The highest BCUT2D eigenvalue weighted by Crippen LogP contribution is 2.74. The summed E-state index contributed by atoms with van der Waals surface area (Å²) >= 11 is 0. The molecule has 0 aromatic heterocycles. The van der Waals surface area contributed by atoms with Crippen LogP contribution in [0.5, 0.6) is 0 Å². The highest BCUT2D eigenvalue weighted by molar-refractivity contribution is 5.92. The van der Waals surface area contributed by atoms with Crippen molar-refractivity contribution < 1.29 is 9.90 Å². The lowest BCUT2D eigenvalue weighted by Gasteiger charge is -2.46. The van der Waals surface area contributed by atoms with Gasteiger partial charge in [0, 0.05) is 6.42 Å². The lowest BCUT2D eigenvalue weighted by atomic mass is 9.59. The van der Waals surface area contributed by atoms with Gasteiger partial charge < -0.3 is 5.11 Å². The first-order valence-electron chi connectivity index (χ1n) is 6.72. The number of carbonyl (C=O) groups is 1. The van der Waals surface area contributed by atoms with Gasteiger partial charge in [-0.3, -0.25) is 4.79 Å². The van der Waals surface area contributed by atoms with Crippen LogP contribution in [0.1, 0.15) is 40.5 Å². The molecule has 1 N–H and O–H groups in total. The highest BCUT2D eigenvalue weighted by atomic mass is 16.3. The van der Waals surface area contributed by atoms with Gasteiger partial charge in [0.2, 0.25) is 0 Å². The van der Waals surface area contributed by atoms with Crippen molar-refractivity contribution in [3.63, 3.8) is 0 Å². The molecule has 2 saturated carbocycles. The standard InChI is InChI=1S/C15H22O2/c1-8-5-9(16)6-10-12(17)7-11-13(14(11,2)3)15(8,10)4/h6,8,11-13,17H,5,7H2,1-4H3/t8-,11-,12?,13+,15+/m1/s1. The average Bonchev–Trinajstić information content (AvgIpc) is 2.74. The first-order chi connectivity index (χ1) is 7.79. The summed E-state index contributed by atoms with van der Waals surface area (Å²) in [6, 6.07) is 0. The van der Waals surface area contributed by atoms with Crippen LogP contribution < -0.4 is 0 Å². The first-order valence-corrected chi connectivity index (χ1v) is 6.72. The minimum Gasteiger partial charge on any atom is -0.389 e. The van der Waals surface area contributed by atoms with Crippen molar-refractivity contribution >= 4 is 5.78 Å². The zero-order valence-corrected chi connectivity index (χ0v) is 11.2. The third-order valence-electron chi connectivity index (χ3n) is 6.00. The smallest absolute Gasteiger partial charge is 0.156 e. The molecule has 0 saturated heterocycles. The predicted octanol–water partition coefficient (Wildman–Crippen LogP) is 2.56. The monoisotopic (exact) mass is 234 g/mol. The maximum atomic E-state index is 11.7. The van der Waals surface area contributed by atoms with Gasteiger partial charge in [-0.05, 0) is 46.7 Å². The molecule has 0 spiro atoms. The Morgan fingerprint density at radius 3 is 2.65 bits per heavy atom. The van der Waals surface area contributed by atoms with Crippen LogP contribution in [0.25, 0.3) is 0 Å². The second-order valence-electron chi connectivity index (χ2n) is 7.11. The molecule has 94 valence electrons. The van der Waals surface area contributed by atoms with E-state index >= 15 is 0 Å². The fourth-order valence-electron chi connectivity index (χ4n) is 4.87. The molecule has 3 rings (SSSR count). The number of aliphatic hydroxyl groups excluding tert-OH is 1. The number of ketones is 1. The van der Waals surface area contributed by atoms with Crippen molar-refractivity contribution in [3.8, 4) is 0 Å². The molecule has 0 aromatic carbocycles. The van der Waals surface area contributed by atoms with Crippen molar-refractivity contribution in [3.05, 3.63) is 11.6 Å². The average molecular weight is 234 g/mol. The largest absolute Gasteiger partial charge is 0.389 e. The van der Waals surface area contributed by atoms with Crippen molar-refractivity contribution in [2.75, 3.05) is 0 Å². The van der Waals surface area contributed by atoms with E-state index in [0.29, 0.717) is 29.6 Å². The van der Waals surface area contributed by atoms with E-state index < -0.39 is 6.10 Å². The Bertz CT molecular complexity index is 421. The molecule has 2 heteroatoms. The SMILES string of the molecule is C[C@@H]1CC(=O)C=C2C(O)C[C@@H]3[C@@H](C3(C)C)[C@]21C. The Labute approximate surface area is 103 Å². The Morgan fingerprint density at radius 1 is 1.35 bits per heavy atom. The summed E-state index contributed by atoms with van der Waals surface area (Å²) in [6.07, 6.45) is 2.84. The molecule has 3 aliphatic rings. The number of aliphatic hydroxyl groups is 1. The van der Waals surface area contributed by atoms with Crippen molar-refractivity contribution in [2.45, 2.75) is 46.6 Å². The van der Waals surface area contributed by atoms with Crippen LogP contribution in [-0.4, -0.2) is 17.0 Å². The van der Waals surface area contributed by atoms with Gasteiger partial charge in [0.1, 0.15) is 0 Å². The van der Waals surface area contributed by atoms with Gasteiger partial charge in [0.05, 0.1) is 6.10 Å². The van der Waals surface area contributed by atoms with Crippen molar-refractivity contribution in [1.82, 2.24) is 0 Å². The van der Waals surface area contributed by atoms with Crippen LogP contribution >= 0.6 is 0 Å². The minimum atomic E-state index is -0.394. The van der Waals surface area contributed by atoms with E-state index in [1.807, 2.05) is 0 Å². The molecular weight excluding hydrogens is 212 g/mol. The summed E-state index contributed by atoms with van der Waals surface area (Å²) in [6.45, 7) is 9.07. The molecule has 0 radical (unpaired) electrons. The van der Waals surface area contributed by atoms with Gasteiger partial charge in [-0.1, -0.05) is 27.7 Å². The number of fused-ring (bicyclic) bond motifs is 3. The summed E-state index contributed by atoms with van der Waals surface area (Å²) < 4.78 is 0. The molecule has 1 unspecified atom stereocenters. The molecule has 3 aliphatic carbocycles. The maximum Gasteiger partial charge on any atom is 0.156 e. The number of carbonyl (C=O) groups excluding carboxylic acids is 1. The van der Waals surface area contributed by atoms with E-state index in [4.69, 9.17) is 0 Å². The number of rotatable bonds is 0. The van der Waals surface area contributed by atoms with E-state index in [-0.39, 0.29) is 11.2 Å². The molecule has 0 amide bonds. The second-order valence-corrected chi connectivity index (χ2v) is 7.11. The maximum absolute atomic E-state index is 11.7. The van der Waals surface area contributed by atoms with E-state index in [1.54, 1.807) is 6.08 Å². The number of allylic oxidation sites excluding steroid dienone is 1. The van der Waals surface area contributed by atoms with Gasteiger partial charge in [0.15, 0.2) is 5.78 Å². The Kier molecular flexibility index (Phi) is 2.04. The summed E-state index contributed by atoms with van der Waals surface area (Å²) in [7, 11) is 0. The molecule has 17 heavy (non-hydrogen) atoms. The molecule has 0 aliphatic heterocycles. The highest BCUT2D eigenvalue weighted by Gasteiger charge is 2.70. The van der Waals surface area contributed by atoms with E-state index in [2.05, 4.69) is 27.7 Å². The quantitative estimate of drug-likeness (QED) is 0.699. The second kappa shape index (κ2) is 3.03. The van der Waals surface area contributed by atoms with Gasteiger partial charge in [-0.25, -0.2) is 0 Å². The third kappa shape index (κ3) is 1.22. The lowest BCUT2D eigenvalue weighted by molar-refractivity contribution is -0.117. The molecule has 0 heterocycles. The minimum absolute atomic E-state index is 0.0414. The Morgan fingerprint density at radius 2 is 2.00 bits per heavy atom. The molecule has 2 fully saturated rings. The van der Waals surface area contributed by atoms with Gasteiger partial charge in [-0.2, -0.15) is 0 Å². The number of hydrogen-bond acceptors (Lipinski definition) is 2. The van der Waals surface area contributed by atoms with Crippen LogP contribution in [-0.2, 0) is 4.79 Å². The van der Waals surface area contributed by atoms with Gasteiger partial charge in [0.25, 0.3) is 0 Å². The van der Waals surface area contributed by atoms with E-state index in [0.717, 1.165) is 12.0 Å². The summed E-state index contributed by atoms with van der Waals surface area (Å²) in [5.74, 6) is 1.84. The third-order valence-corrected chi connectivity index (χ3v) is 6.00. The molecule has 0 aromatic rings. The molecule has 5 atom stereocenters. The van der Waals surface area contributed by atoms with Crippen LogP contribution in [0.15, 0.2) is 11.6 Å². The fourth-order valence-corrected chi connectivity index (χ4v) is 4.87. The topological polar surface area (TPSA) is 37.3 Å². The normalized spacial score (nSPS) is 51.4. The summed E-state index contributed by atoms with van der Waals surface area (Å²) in [4.78, 5) is 11.7. The molecular formula is C15H22O2. The zero-order valence-electron chi connectivity index (χ0n) is 11.2. The van der Waals surface area contributed by atoms with Crippen molar-refractivity contribution in [1.29, 1.82) is 0 Å². The molecule has 2 nitrogen and oxygen atoms in total. The van der Waals surface area contributed by atoms with Crippen LogP contribution in [0, 0.1) is 28.6 Å². The summed E-state index contributed by atoms with van der Waals surface area (Å²) in [5.41, 5.74) is 1.40. The Balaban J connectivity index is 2.11. The number of hydrogen-bond donors (Lipinski definition) is 1. The van der Waals surface area contributed by atoms with E-state index in [1.165, 1.54) is 0 Å². The summed E-state index contributed by atoms with van der Waals surface area (Å²) in [5, 5.41) is 10.3. The molecule has 0 bridgehead atoms. The van der Waals surface area contributed by atoms with Gasteiger partial charge >= 0.3 is 0 Å². The van der Waals surface area contributed by atoms with Crippen LogP contribution in [0.3, 0.4) is 0 Å². The lowest BCUT2D eigenvalue weighted by Crippen LogP contribution is -2.43.